The van der Waals surface area contributed by atoms with Gasteiger partial charge in [-0.05, 0) is 56.0 Å². The minimum Gasteiger partial charge on any atom is -0.340 e. The zero-order valence-electron chi connectivity index (χ0n) is 20.4. The Balaban J connectivity index is 1.14. The average Bonchev–Trinajstić information content (AvgIpc) is 3.06. The van der Waals surface area contributed by atoms with Crippen LogP contribution in [0, 0.1) is 12.3 Å². The third kappa shape index (κ3) is 3.46. The minimum atomic E-state index is -2.60. The lowest BCUT2D eigenvalue weighted by Crippen LogP contribution is -2.62. The van der Waals surface area contributed by atoms with Crippen molar-refractivity contribution in [3.05, 3.63) is 58.4 Å². The van der Waals surface area contributed by atoms with Gasteiger partial charge in [0.05, 0.1) is 12.2 Å². The van der Waals surface area contributed by atoms with Crippen LogP contribution in [-0.4, -0.2) is 54.2 Å². The number of halogens is 3. The summed E-state index contributed by atoms with van der Waals surface area (Å²) in [5.74, 6) is 0.289. The van der Waals surface area contributed by atoms with E-state index in [1.807, 2.05) is 44.4 Å². The molecule has 2 aliphatic carbocycles. The first-order valence-electron chi connectivity index (χ1n) is 12.5. The van der Waals surface area contributed by atoms with E-state index in [9.17, 15) is 8.78 Å². The second-order valence-electron chi connectivity index (χ2n) is 11.7. The molecule has 0 amide bonds. The highest BCUT2D eigenvalue weighted by molar-refractivity contribution is 6.30. The summed E-state index contributed by atoms with van der Waals surface area (Å²) >= 11 is 6.37. The predicted octanol–water partition coefficient (Wildman–Crippen LogP) is 4.91. The maximum atomic E-state index is 13.9. The fraction of sp³-hybridized carbons (Fsp3) is 0.538. The minimum absolute atomic E-state index is 0.136. The van der Waals surface area contributed by atoms with Gasteiger partial charge in [-0.3, -0.25) is 9.47 Å². The van der Waals surface area contributed by atoms with Crippen LogP contribution in [0.5, 0.6) is 0 Å². The number of alkyl halides is 2. The van der Waals surface area contributed by atoms with Crippen molar-refractivity contribution in [2.24, 2.45) is 5.41 Å². The van der Waals surface area contributed by atoms with Gasteiger partial charge in [-0.25, -0.2) is 18.7 Å². The van der Waals surface area contributed by atoms with Gasteiger partial charge in [0.2, 0.25) is 5.95 Å². The molecule has 7 rings (SSSR count). The molecular weight excluding hydrogens is 484 g/mol. The summed E-state index contributed by atoms with van der Waals surface area (Å²) in [6, 6.07) is 5.86. The third-order valence-corrected chi connectivity index (χ3v) is 8.84. The molecule has 0 radical (unpaired) electrons. The molecule has 0 atom stereocenters. The topological polar surface area (TPSA) is 63.0 Å². The Morgan fingerprint density at radius 2 is 1.75 bits per heavy atom. The third-order valence-electron chi connectivity index (χ3n) is 8.60. The lowest BCUT2D eigenvalue weighted by molar-refractivity contribution is -0.173. The number of nitrogens with zero attached hydrogens (tertiary/aromatic N) is 7. The van der Waals surface area contributed by atoms with Crippen molar-refractivity contribution in [2.75, 3.05) is 18.0 Å². The molecule has 4 heterocycles. The summed E-state index contributed by atoms with van der Waals surface area (Å²) in [5, 5.41) is 9.88. The van der Waals surface area contributed by atoms with Crippen LogP contribution in [-0.2, 0) is 13.1 Å². The summed E-state index contributed by atoms with van der Waals surface area (Å²) in [6.45, 7) is 6.89. The maximum absolute atomic E-state index is 13.9. The number of hydrogen-bond acceptors (Lipinski definition) is 6. The van der Waals surface area contributed by atoms with Gasteiger partial charge >= 0.3 is 0 Å². The van der Waals surface area contributed by atoms with Crippen molar-refractivity contribution in [1.82, 2.24) is 29.6 Å². The van der Waals surface area contributed by atoms with Crippen LogP contribution in [0.25, 0.3) is 5.69 Å². The molecule has 188 valence electrons. The van der Waals surface area contributed by atoms with E-state index in [1.54, 1.807) is 0 Å². The summed E-state index contributed by atoms with van der Waals surface area (Å²) in [7, 11) is 0. The number of aryl methyl sites for hydroxylation is 1. The highest BCUT2D eigenvalue weighted by atomic mass is 35.5. The molecule has 3 fully saturated rings. The molecule has 1 aromatic carbocycles. The molecule has 3 aromatic rings. The van der Waals surface area contributed by atoms with E-state index in [0.717, 1.165) is 60.3 Å². The summed E-state index contributed by atoms with van der Waals surface area (Å²) < 4.78 is 29.9. The van der Waals surface area contributed by atoms with E-state index in [2.05, 4.69) is 34.5 Å². The second-order valence-corrected chi connectivity index (χ2v) is 12.1. The fourth-order valence-corrected chi connectivity index (χ4v) is 7.03. The zero-order valence-corrected chi connectivity index (χ0v) is 21.1. The molecule has 10 heteroatoms. The SMILES string of the molecule is Cc1cnc(N2CC3(CC(c4nnc5n4-c4ccc(Cl)cc4CN(C4(C)CC(F)(F)C4)C5)C3)C2)nc1. The van der Waals surface area contributed by atoms with Gasteiger partial charge in [0.1, 0.15) is 5.82 Å². The molecule has 2 aliphatic heterocycles. The van der Waals surface area contributed by atoms with E-state index in [-0.39, 0.29) is 18.3 Å². The van der Waals surface area contributed by atoms with Gasteiger partial charge in [-0.2, -0.15) is 0 Å². The van der Waals surface area contributed by atoms with Crippen molar-refractivity contribution in [2.45, 2.75) is 70.0 Å². The Morgan fingerprint density at radius 3 is 2.44 bits per heavy atom. The predicted molar refractivity (Wildman–Crippen MR) is 132 cm³/mol. The normalized spacial score (nSPS) is 23.8. The standard InChI is InChI=1S/C26H28ClF2N7/c1-16-8-30-23(31-9-16)34-14-25(15-34)6-18(7-25)22-33-32-21-11-35(24(2)12-26(28,29)13-24)10-17-5-19(27)3-4-20(17)36(21)22/h3-5,8-9,18H,6-7,10-15H2,1-2H3. The first kappa shape index (κ1) is 22.5. The second kappa shape index (κ2) is 7.44. The van der Waals surface area contributed by atoms with Crippen molar-refractivity contribution >= 4 is 17.5 Å². The van der Waals surface area contributed by atoms with Crippen LogP contribution < -0.4 is 4.90 Å². The quantitative estimate of drug-likeness (QED) is 0.498. The highest BCUT2D eigenvalue weighted by Gasteiger charge is 2.57. The number of anilines is 1. The molecule has 2 aromatic heterocycles. The van der Waals surface area contributed by atoms with Crippen LogP contribution in [0.4, 0.5) is 14.7 Å². The van der Waals surface area contributed by atoms with Crippen molar-refractivity contribution in [3.63, 3.8) is 0 Å². The van der Waals surface area contributed by atoms with E-state index >= 15 is 0 Å². The highest BCUT2D eigenvalue weighted by Crippen LogP contribution is 2.57. The Morgan fingerprint density at radius 1 is 1.03 bits per heavy atom. The van der Waals surface area contributed by atoms with Crippen molar-refractivity contribution < 1.29 is 8.78 Å². The van der Waals surface area contributed by atoms with Gasteiger partial charge < -0.3 is 4.90 Å². The molecule has 0 N–H and O–H groups in total. The first-order chi connectivity index (χ1) is 17.1. The van der Waals surface area contributed by atoms with E-state index in [4.69, 9.17) is 11.6 Å². The smallest absolute Gasteiger partial charge is 0.251 e. The number of aromatic nitrogens is 5. The van der Waals surface area contributed by atoms with Gasteiger partial charge in [-0.15, -0.1) is 10.2 Å². The van der Waals surface area contributed by atoms with Crippen molar-refractivity contribution in [1.29, 1.82) is 0 Å². The number of hydrogen-bond donors (Lipinski definition) is 0. The van der Waals surface area contributed by atoms with Crippen LogP contribution in [0.3, 0.4) is 0 Å². The van der Waals surface area contributed by atoms with Crippen LogP contribution in [0.2, 0.25) is 5.02 Å². The van der Waals surface area contributed by atoms with E-state index in [0.29, 0.717) is 24.0 Å². The first-order valence-corrected chi connectivity index (χ1v) is 12.9. The lowest BCUT2D eigenvalue weighted by atomic mass is 9.57. The molecule has 36 heavy (non-hydrogen) atoms. The molecule has 7 nitrogen and oxygen atoms in total. The molecule has 1 saturated heterocycles. The number of benzene rings is 1. The lowest BCUT2D eigenvalue weighted by Gasteiger charge is -2.58. The number of fused-ring (bicyclic) bond motifs is 3. The van der Waals surface area contributed by atoms with Gasteiger partial charge in [-0.1, -0.05) is 11.6 Å². The molecule has 0 unspecified atom stereocenters. The Labute approximate surface area is 213 Å². The molecular formula is C26H28ClF2N7. The van der Waals surface area contributed by atoms with Crippen LogP contribution in [0.15, 0.2) is 30.6 Å². The summed E-state index contributed by atoms with van der Waals surface area (Å²) in [5.41, 5.74) is 2.80. The van der Waals surface area contributed by atoms with Gasteiger partial charge in [0.25, 0.3) is 5.92 Å². The summed E-state index contributed by atoms with van der Waals surface area (Å²) in [6.07, 6.45) is 5.54. The summed E-state index contributed by atoms with van der Waals surface area (Å²) in [4.78, 5) is 13.3. The largest absolute Gasteiger partial charge is 0.340 e. The molecule has 1 spiro atoms. The average molecular weight is 512 g/mol. The maximum Gasteiger partial charge on any atom is 0.251 e. The zero-order chi connectivity index (χ0) is 24.9. The monoisotopic (exact) mass is 511 g/mol. The molecule has 2 saturated carbocycles. The van der Waals surface area contributed by atoms with Gasteiger partial charge in [0.15, 0.2) is 5.82 Å². The van der Waals surface area contributed by atoms with Crippen LogP contribution >= 0.6 is 11.6 Å². The van der Waals surface area contributed by atoms with Crippen LogP contribution in [0.1, 0.15) is 61.3 Å². The van der Waals surface area contributed by atoms with Gasteiger partial charge in [0, 0.05) is 66.8 Å². The number of rotatable bonds is 3. The Bertz CT molecular complexity index is 1330. The van der Waals surface area contributed by atoms with E-state index < -0.39 is 11.5 Å². The Hall–Kier alpha value is -2.65. The Kier molecular flexibility index (Phi) is 4.66. The van der Waals surface area contributed by atoms with Crippen molar-refractivity contribution in [3.8, 4) is 5.69 Å². The molecule has 4 aliphatic rings. The molecule has 0 bridgehead atoms. The fourth-order valence-electron chi connectivity index (χ4n) is 6.84. The van der Waals surface area contributed by atoms with E-state index in [1.165, 1.54) is 0 Å².